The molecule has 146 heavy (non-hydrogen) atoms. The summed E-state index contributed by atoms with van der Waals surface area (Å²) in [5.74, 6) is 10.4. The van der Waals surface area contributed by atoms with Crippen molar-refractivity contribution in [2.75, 3.05) is 151 Å². The lowest BCUT2D eigenvalue weighted by molar-refractivity contribution is 0.0341. The van der Waals surface area contributed by atoms with Crippen molar-refractivity contribution >= 4 is 128 Å². The molecule has 0 atom stereocenters. The fourth-order valence-corrected chi connectivity index (χ4v) is 14.8. The number of nitrogens with zero attached hydrogens (tertiary/aromatic N) is 26. The molecule has 20 rings (SSSR count). The number of nitrogen functional groups attached to an aromatic ring is 6. The van der Waals surface area contributed by atoms with Gasteiger partial charge in [0.2, 0.25) is 59.5 Å². The summed E-state index contributed by atoms with van der Waals surface area (Å²) in [7, 11) is 5.47. The van der Waals surface area contributed by atoms with Gasteiger partial charge in [-0.2, -0.15) is 48.3 Å². The van der Waals surface area contributed by atoms with Crippen LogP contribution in [0.3, 0.4) is 0 Å². The van der Waals surface area contributed by atoms with Crippen molar-refractivity contribution in [1.29, 1.82) is 0 Å². The fraction of sp³-hybridized carbons (Fsp3) is 0.200. The van der Waals surface area contributed by atoms with Gasteiger partial charge >= 0.3 is 0 Å². The number of hydrogen-bond acceptors (Lipinski definition) is 40. The van der Waals surface area contributed by atoms with Crippen LogP contribution in [0.2, 0.25) is 0 Å². The first-order valence-electron chi connectivity index (χ1n) is 46.4. The van der Waals surface area contributed by atoms with Crippen molar-refractivity contribution in [2.45, 2.75) is 59.9 Å². The molecule has 12 heterocycles. The first-order valence-corrected chi connectivity index (χ1v) is 46.4. The molecule has 0 bridgehead atoms. The van der Waals surface area contributed by atoms with Crippen LogP contribution in [0.25, 0.3) is 29.1 Å². The van der Waals surface area contributed by atoms with Crippen molar-refractivity contribution < 1.29 is 28.1 Å². The summed E-state index contributed by atoms with van der Waals surface area (Å²) in [5, 5.41) is 47.2. The second-order valence-corrected chi connectivity index (χ2v) is 33.4. The molecule has 2 aliphatic heterocycles. The Morgan fingerprint density at radius 3 is 1.16 bits per heavy atom. The van der Waals surface area contributed by atoms with Crippen molar-refractivity contribution in [3.05, 3.63) is 297 Å². The minimum Gasteiger partial charge on any atom is -0.495 e. The van der Waals surface area contributed by atoms with Gasteiger partial charge in [0.25, 0.3) is 0 Å². The Hall–Kier alpha value is -18.8. The molecule has 0 spiro atoms. The Morgan fingerprint density at radius 1 is 0.342 bits per heavy atom. The van der Waals surface area contributed by atoms with Crippen molar-refractivity contribution in [2.24, 2.45) is 0 Å². The van der Waals surface area contributed by atoms with Gasteiger partial charge in [0.05, 0.1) is 51.0 Å². The van der Waals surface area contributed by atoms with E-state index in [0.717, 1.165) is 128 Å². The minimum atomic E-state index is -0.350. The van der Waals surface area contributed by atoms with Crippen molar-refractivity contribution in [3.8, 4) is 52.1 Å². The Balaban J connectivity index is 0.000000131. The van der Waals surface area contributed by atoms with Gasteiger partial charge in [-0.05, 0) is 186 Å². The number of halogens is 1. The van der Waals surface area contributed by atoms with Crippen molar-refractivity contribution in [1.82, 2.24) is 128 Å². The Kier molecular flexibility index (Phi) is 33.2. The predicted molar refractivity (Wildman–Crippen MR) is 562 cm³/mol. The number of likely N-dealkylation sites (N-methyl/N-ethyl adjacent to an activating group) is 1. The van der Waals surface area contributed by atoms with Crippen molar-refractivity contribution in [3.63, 3.8) is 0 Å². The summed E-state index contributed by atoms with van der Waals surface area (Å²) < 4.78 is 48.6. The van der Waals surface area contributed by atoms with E-state index in [1.807, 2.05) is 211 Å². The van der Waals surface area contributed by atoms with Crippen LogP contribution < -0.4 is 95.9 Å². The molecule has 0 unspecified atom stereocenters. The van der Waals surface area contributed by atoms with Gasteiger partial charge in [0.15, 0.2) is 29.1 Å². The number of ether oxygens (including phenoxy) is 5. The predicted octanol–water partition coefficient (Wildman–Crippen LogP) is 14.6. The number of pyridine rings is 2. The molecule has 18 aromatic rings. The van der Waals surface area contributed by atoms with Gasteiger partial charge in [-0.1, -0.05) is 84.9 Å². The van der Waals surface area contributed by atoms with Crippen LogP contribution in [0.15, 0.2) is 274 Å². The number of aryl methyl sites for hydroxylation is 1. The number of aromatic nitrogens is 23. The lowest BCUT2D eigenvalue weighted by Crippen LogP contribution is -2.43. The molecule has 2 fully saturated rings. The number of nitrogens with one attached hydrogen (secondary N) is 8. The molecule has 0 amide bonds. The molecule has 10 aromatic heterocycles. The van der Waals surface area contributed by atoms with Crippen LogP contribution in [-0.4, -0.2) is 214 Å². The summed E-state index contributed by atoms with van der Waals surface area (Å²) in [6.07, 6.45) is 6.34. The van der Waals surface area contributed by atoms with Crippen LogP contribution in [0.1, 0.15) is 44.6 Å². The van der Waals surface area contributed by atoms with Gasteiger partial charge in [-0.25, -0.2) is 44.3 Å². The van der Waals surface area contributed by atoms with Crippen LogP contribution in [-0.2, 0) is 17.8 Å². The number of para-hydroxylation sites is 2. The van der Waals surface area contributed by atoms with E-state index >= 15 is 0 Å². The summed E-state index contributed by atoms with van der Waals surface area (Å²) in [5.41, 5.74) is 45.2. The highest BCUT2D eigenvalue weighted by atomic mass is 19.1. The molecule has 45 nitrogen and oxygen atoms in total. The zero-order valence-electron chi connectivity index (χ0n) is 81.2. The third-order valence-electron chi connectivity index (χ3n) is 21.5. The number of methoxy groups -OCH3 is 2. The smallest absolute Gasteiger partial charge is 0.249 e. The van der Waals surface area contributed by atoms with E-state index in [1.54, 1.807) is 69.1 Å². The highest BCUT2D eigenvalue weighted by Crippen LogP contribution is 2.34. The third kappa shape index (κ3) is 28.3. The number of anilines is 22. The molecule has 2 saturated heterocycles. The number of nitrogens with two attached hydrogens (primary N) is 6. The average Bonchev–Trinajstić information content (AvgIpc) is 1.71. The summed E-state index contributed by atoms with van der Waals surface area (Å²) in [6, 6.07) is 76.3. The van der Waals surface area contributed by atoms with Crippen LogP contribution in [0.4, 0.5) is 133 Å². The maximum absolute atomic E-state index is 13.3. The SMILES string of the molecule is CC(C)Oc1cccc(Nc2nc(N)n(-c3cc(Nc4ccccc4)ncn3)n2)c1.COc1cc(CN2CCN(C)CC2)ccc1Nc1nc(N)n(-c2ccccn2)n1.COc1cc(CN2CCOCC2)ccc1Nc1nc(N)n(-c2ccccn2)n1.Cc1nc(Nc2ccccc2)cc(-n2nc(Nc3cccc(OC(C)C)c3)nc2N)n1.Nc1cccc(Nc2nc(N)n(-c3cc(Nc4cccc(F)c4)ncn3)n2)c1. The zero-order valence-corrected chi connectivity index (χ0v) is 81.2. The van der Waals surface area contributed by atoms with Crippen LogP contribution >= 0.6 is 0 Å². The van der Waals surface area contributed by atoms with Gasteiger partial charge in [-0.15, -0.1) is 25.5 Å². The lowest BCUT2D eigenvalue weighted by Gasteiger charge is -2.32. The minimum absolute atomic E-state index is 0.0860. The molecular weight excluding hydrogens is 1860 g/mol. The van der Waals surface area contributed by atoms with E-state index in [4.69, 9.17) is 58.1 Å². The standard InChI is InChI=1S/C22H24N8O.C21H22N8O.C20H26N8O.C19H23N7O2.C18H16FN9/c1-14(2)31-18-11-7-10-17(12-18)27-22-28-21(23)30(29-22)20-13-19(24-15(3)25-20)26-16-8-5-4-6-9-16;1-14(2)30-17-10-6-9-16(11-17)26-21-27-20(22)29(28-21)19-12-18(23-13-24-19)25-15-7-4-3-5-8-15;1-26-9-11-27(12-10-26)14-15-6-7-16(17(13-15)29-2)23-20-24-19(21)28(25-20)18-5-3-4-8-22-18;1-27-16-12-14(13-25-8-10-28-11-9-25)5-6-15(16)22-19-23-18(20)26(24-19)17-4-2-3-7-21-17;19-11-3-1-5-13(7-11)24-15-9-16(23-10-22-15)28-17(21)26-18(27-28)25-14-6-2-4-12(20)8-14/h4-14H,1-3H3,(H,24,25,26)(H3,23,27,28,29);3-14H,1-2H3,(H,23,24,25)(H3,22,26,27,28);3-8,13H,9-12,14H2,1-2H3,(H3,21,23,24,25);2-7,12H,8-11,13H2,1H3,(H3,20,22,23,24);1-10H,20H2,(H,22,23,24)(H3,21,25,26,27). The fourth-order valence-electron chi connectivity index (χ4n) is 14.8. The molecule has 2 aliphatic rings. The second-order valence-electron chi connectivity index (χ2n) is 33.4. The number of morpholine rings is 1. The van der Waals surface area contributed by atoms with E-state index in [-0.39, 0.29) is 47.8 Å². The van der Waals surface area contributed by atoms with E-state index in [9.17, 15) is 4.39 Å². The molecule has 46 heteroatoms. The first-order chi connectivity index (χ1) is 70.9. The second kappa shape index (κ2) is 48.4. The van der Waals surface area contributed by atoms with Gasteiger partial charge in [-0.3, -0.25) is 9.80 Å². The molecule has 748 valence electrons. The monoisotopic (exact) mass is 1970 g/mol. The lowest BCUT2D eigenvalue weighted by atomic mass is 10.1. The quantitative estimate of drug-likeness (QED) is 0.0179. The van der Waals surface area contributed by atoms with E-state index in [0.29, 0.717) is 93.5 Å². The third-order valence-corrected chi connectivity index (χ3v) is 21.5. The summed E-state index contributed by atoms with van der Waals surface area (Å²) >= 11 is 0. The zero-order chi connectivity index (χ0) is 102. The van der Waals surface area contributed by atoms with E-state index in [1.165, 1.54) is 59.3 Å². The average molecular weight is 1970 g/mol. The Morgan fingerprint density at radius 2 is 0.726 bits per heavy atom. The Bertz CT molecular complexity index is 7290. The summed E-state index contributed by atoms with van der Waals surface area (Å²) in [4.78, 5) is 62.7. The molecule has 0 saturated carbocycles. The molecule has 0 radical (unpaired) electrons. The maximum Gasteiger partial charge on any atom is 0.249 e. The molecule has 20 N–H and O–H groups in total. The highest BCUT2D eigenvalue weighted by molar-refractivity contribution is 5.68. The normalized spacial score (nSPS) is 12.4. The topological polar surface area (TPSA) is 565 Å². The van der Waals surface area contributed by atoms with Gasteiger partial charge < -0.3 is 106 Å². The number of hydrogen-bond donors (Lipinski definition) is 14. The number of piperazine rings is 1. The van der Waals surface area contributed by atoms with Gasteiger partial charge in [0, 0.05) is 135 Å². The van der Waals surface area contributed by atoms with Crippen LogP contribution in [0.5, 0.6) is 23.0 Å². The number of rotatable bonds is 31. The summed E-state index contributed by atoms with van der Waals surface area (Å²) in [6.45, 7) is 19.3. The highest BCUT2D eigenvalue weighted by Gasteiger charge is 2.23. The van der Waals surface area contributed by atoms with E-state index < -0.39 is 0 Å². The molecule has 8 aromatic carbocycles. The first kappa shape index (κ1) is 100. The number of benzene rings is 8. The molecule has 0 aliphatic carbocycles. The maximum atomic E-state index is 13.3. The Labute approximate surface area is 839 Å². The van der Waals surface area contributed by atoms with E-state index in [2.05, 4.69) is 173 Å². The molecular formula is C100H111FN40O5. The largest absolute Gasteiger partial charge is 0.495 e. The van der Waals surface area contributed by atoms with Gasteiger partial charge in [0.1, 0.15) is 64.7 Å². The van der Waals surface area contributed by atoms with Crippen LogP contribution in [0, 0.1) is 12.7 Å².